The number of hydrogen-bond donors (Lipinski definition) is 0. The maximum atomic E-state index is 14.1. The number of aromatic nitrogens is 5. The van der Waals surface area contributed by atoms with Gasteiger partial charge in [0.1, 0.15) is 5.82 Å². The Morgan fingerprint density at radius 3 is 2.49 bits per heavy atom. The van der Waals surface area contributed by atoms with E-state index in [0.29, 0.717) is 12.3 Å². The lowest BCUT2D eigenvalue weighted by molar-refractivity contribution is 0.0894. The Labute approximate surface area is 261 Å². The largest absolute Gasteiger partial charge is 0.341 e. The first-order chi connectivity index (χ1) is 20.9. The van der Waals surface area contributed by atoms with E-state index >= 15 is 0 Å². The average molecular weight is 637 g/mol. The van der Waals surface area contributed by atoms with Gasteiger partial charge < -0.3 is 9.13 Å². The summed E-state index contributed by atoms with van der Waals surface area (Å²) in [4.78, 5) is 28.5. The number of aryl methyl sites for hydroxylation is 3. The number of benzene rings is 2. The van der Waals surface area contributed by atoms with Crippen molar-refractivity contribution < 1.29 is 4.79 Å². The minimum absolute atomic E-state index is 0.186. The van der Waals surface area contributed by atoms with E-state index in [4.69, 9.17) is 4.98 Å². The number of halogens is 1. The molecule has 2 saturated carbocycles. The van der Waals surface area contributed by atoms with Gasteiger partial charge in [0.2, 0.25) is 0 Å². The van der Waals surface area contributed by atoms with Crippen LogP contribution in [0.25, 0.3) is 33.5 Å². The van der Waals surface area contributed by atoms with Gasteiger partial charge in [-0.25, -0.2) is 15.0 Å². The van der Waals surface area contributed by atoms with E-state index in [1.54, 1.807) is 0 Å². The number of Topliss-reactive ketones (excluding diaryl/α,β-unsaturated/α-hetero) is 1. The molecule has 7 heteroatoms. The first-order valence-electron chi connectivity index (χ1n) is 15.6. The molecule has 7 rings (SSSR count). The second-order valence-corrected chi connectivity index (χ2v) is 13.6. The van der Waals surface area contributed by atoms with Crippen LogP contribution < -0.4 is 0 Å². The molecule has 220 valence electrons. The number of ketones is 1. The fourth-order valence-corrected chi connectivity index (χ4v) is 7.80. The van der Waals surface area contributed by atoms with Crippen molar-refractivity contribution in [3.63, 3.8) is 0 Å². The molecule has 0 bridgehead atoms. The molecule has 0 amide bonds. The second kappa shape index (κ2) is 11.2. The number of nitrogens with zero attached hydrogens (tertiary/aromatic N) is 5. The van der Waals surface area contributed by atoms with Gasteiger partial charge in [-0.3, -0.25) is 4.79 Å². The van der Waals surface area contributed by atoms with Gasteiger partial charge in [-0.15, -0.1) is 6.58 Å². The number of rotatable bonds is 9. The second-order valence-electron chi connectivity index (χ2n) is 12.6. The number of allylic oxidation sites excluding steroid dienone is 1. The molecule has 0 radical (unpaired) electrons. The zero-order valence-corrected chi connectivity index (χ0v) is 26.7. The first kappa shape index (κ1) is 28.2. The van der Waals surface area contributed by atoms with E-state index in [0.717, 1.165) is 76.0 Å². The lowest BCUT2D eigenvalue weighted by Gasteiger charge is -2.40. The van der Waals surface area contributed by atoms with Gasteiger partial charge in [-0.1, -0.05) is 43.5 Å². The van der Waals surface area contributed by atoms with Crippen molar-refractivity contribution >= 4 is 43.6 Å². The fraction of sp³-hybridized carbons (Fsp3) is 0.389. The third-order valence-electron chi connectivity index (χ3n) is 10.0. The van der Waals surface area contributed by atoms with Crippen molar-refractivity contribution in [2.24, 2.45) is 14.1 Å². The lowest BCUT2D eigenvalue weighted by atomic mass is 9.64. The Balaban J connectivity index is 1.24. The van der Waals surface area contributed by atoms with Crippen molar-refractivity contribution in [1.82, 2.24) is 24.1 Å². The summed E-state index contributed by atoms with van der Waals surface area (Å²) in [5.74, 6) is 2.45. The standard InChI is InChI=1S/C36H38BrN5O/c1-4-5-9-23-12-15-28-30(18-23)42(3)35(40-28)36(16-8-17-36)20-31(43)25-13-14-27-29(19-25)41(2)33(32(27)24-10-6-7-11-24)34-38-21-26(37)22-39-34/h4,12-15,18-19,21-22,24H,1,5-11,16-17,20H2,2-3H3. The summed E-state index contributed by atoms with van der Waals surface area (Å²) in [6.45, 7) is 3.87. The van der Waals surface area contributed by atoms with Gasteiger partial charge in [0.05, 0.1) is 21.2 Å². The molecule has 6 nitrogen and oxygen atoms in total. The topological polar surface area (TPSA) is 65.6 Å². The van der Waals surface area contributed by atoms with E-state index in [2.05, 4.69) is 86.0 Å². The summed E-state index contributed by atoms with van der Waals surface area (Å²) in [6.07, 6.45) is 16.0. The lowest BCUT2D eigenvalue weighted by Crippen LogP contribution is -2.39. The minimum atomic E-state index is -0.221. The maximum Gasteiger partial charge on any atom is 0.176 e. The number of fused-ring (bicyclic) bond motifs is 2. The third-order valence-corrected chi connectivity index (χ3v) is 10.4. The van der Waals surface area contributed by atoms with Crippen molar-refractivity contribution in [3.05, 3.63) is 88.4 Å². The van der Waals surface area contributed by atoms with E-state index in [9.17, 15) is 4.79 Å². The smallest absolute Gasteiger partial charge is 0.176 e. The summed E-state index contributed by atoms with van der Waals surface area (Å²) >= 11 is 3.48. The molecule has 3 heterocycles. The van der Waals surface area contributed by atoms with Crippen LogP contribution in [0.1, 0.15) is 91.0 Å². The summed E-state index contributed by atoms with van der Waals surface area (Å²) < 4.78 is 5.30. The highest BCUT2D eigenvalue weighted by Crippen LogP contribution is 2.48. The molecule has 2 aliphatic rings. The quantitative estimate of drug-likeness (QED) is 0.120. The molecule has 0 N–H and O–H groups in total. The van der Waals surface area contributed by atoms with Crippen LogP contribution in [0.2, 0.25) is 0 Å². The highest BCUT2D eigenvalue weighted by molar-refractivity contribution is 9.10. The van der Waals surface area contributed by atoms with Gasteiger partial charge in [0.25, 0.3) is 0 Å². The number of hydrogen-bond acceptors (Lipinski definition) is 4. The Hall–Kier alpha value is -3.58. The van der Waals surface area contributed by atoms with E-state index in [1.165, 1.54) is 42.2 Å². The van der Waals surface area contributed by atoms with Gasteiger partial charge in [0.15, 0.2) is 11.6 Å². The van der Waals surface area contributed by atoms with Crippen LogP contribution in [-0.2, 0) is 25.9 Å². The highest BCUT2D eigenvalue weighted by Gasteiger charge is 2.44. The van der Waals surface area contributed by atoms with Crippen LogP contribution in [0.3, 0.4) is 0 Å². The Morgan fingerprint density at radius 1 is 1.02 bits per heavy atom. The molecule has 43 heavy (non-hydrogen) atoms. The average Bonchev–Trinajstić information content (AvgIpc) is 3.71. The summed E-state index contributed by atoms with van der Waals surface area (Å²) in [5, 5.41) is 1.22. The first-order valence-corrected chi connectivity index (χ1v) is 16.4. The van der Waals surface area contributed by atoms with Crippen molar-refractivity contribution in [3.8, 4) is 11.5 Å². The fourth-order valence-electron chi connectivity index (χ4n) is 7.60. The van der Waals surface area contributed by atoms with E-state index in [1.807, 2.05) is 24.5 Å². The number of imidazole rings is 1. The van der Waals surface area contributed by atoms with Crippen molar-refractivity contribution in [2.45, 2.75) is 75.5 Å². The summed E-state index contributed by atoms with van der Waals surface area (Å²) in [7, 11) is 4.20. The molecule has 0 spiro atoms. The predicted molar refractivity (Wildman–Crippen MR) is 177 cm³/mol. The Kier molecular flexibility index (Phi) is 7.32. The molecule has 2 aromatic carbocycles. The van der Waals surface area contributed by atoms with Crippen LogP contribution in [-0.4, -0.2) is 29.9 Å². The van der Waals surface area contributed by atoms with Crippen molar-refractivity contribution in [1.29, 1.82) is 0 Å². The zero-order valence-electron chi connectivity index (χ0n) is 25.1. The normalized spacial score (nSPS) is 16.6. The van der Waals surface area contributed by atoms with Crippen LogP contribution >= 0.6 is 15.9 Å². The summed E-state index contributed by atoms with van der Waals surface area (Å²) in [6, 6.07) is 12.9. The Bertz CT molecular complexity index is 1850. The third kappa shape index (κ3) is 4.86. The number of carbonyl (C=O) groups excluding carboxylic acids is 1. The molecular weight excluding hydrogens is 598 g/mol. The van der Waals surface area contributed by atoms with Crippen molar-refractivity contribution in [2.75, 3.05) is 0 Å². The monoisotopic (exact) mass is 635 g/mol. The summed E-state index contributed by atoms with van der Waals surface area (Å²) in [5.41, 5.74) is 7.47. The molecule has 0 unspecified atom stereocenters. The van der Waals surface area contributed by atoms with Gasteiger partial charge in [-0.05, 0) is 89.7 Å². The zero-order chi connectivity index (χ0) is 29.7. The maximum absolute atomic E-state index is 14.1. The van der Waals surface area contributed by atoms with Crippen LogP contribution in [0.15, 0.2) is 65.9 Å². The molecule has 0 atom stereocenters. The van der Waals surface area contributed by atoms with Crippen LogP contribution in [0.4, 0.5) is 0 Å². The van der Waals surface area contributed by atoms with E-state index in [-0.39, 0.29) is 11.2 Å². The highest BCUT2D eigenvalue weighted by atomic mass is 79.9. The van der Waals surface area contributed by atoms with Gasteiger partial charge >= 0.3 is 0 Å². The minimum Gasteiger partial charge on any atom is -0.341 e. The van der Waals surface area contributed by atoms with Crippen LogP contribution in [0, 0.1) is 0 Å². The molecule has 2 aliphatic carbocycles. The number of carbonyl (C=O) groups is 1. The molecule has 0 saturated heterocycles. The molecular formula is C36H38BrN5O. The molecule has 5 aromatic rings. The van der Waals surface area contributed by atoms with Gasteiger partial charge in [-0.2, -0.15) is 0 Å². The molecule has 3 aromatic heterocycles. The van der Waals surface area contributed by atoms with Crippen LogP contribution in [0.5, 0.6) is 0 Å². The van der Waals surface area contributed by atoms with E-state index < -0.39 is 0 Å². The molecule has 2 fully saturated rings. The SMILES string of the molecule is C=CCCc1ccc2nc(C3(CC(=O)c4ccc5c(C6CCCC6)c(-c6ncc(Br)cn6)n(C)c5c4)CCC3)n(C)c2c1. The van der Waals surface area contributed by atoms with Gasteiger partial charge in [0, 0.05) is 54.8 Å². The molecule has 0 aliphatic heterocycles. The predicted octanol–water partition coefficient (Wildman–Crippen LogP) is 8.76. The Morgan fingerprint density at radius 2 is 1.79 bits per heavy atom.